The summed E-state index contributed by atoms with van der Waals surface area (Å²) in [7, 11) is -3.38. The first-order valence-electron chi connectivity index (χ1n) is 10.5. The molecular weight excluding hydrogens is 464 g/mol. The van der Waals surface area contributed by atoms with Crippen LogP contribution < -0.4 is 14.8 Å². The monoisotopic (exact) mass is 486 g/mol. The Hall–Kier alpha value is -3.93. The Balaban J connectivity index is 1.72. The van der Waals surface area contributed by atoms with E-state index in [0.717, 1.165) is 0 Å². The predicted octanol–water partition coefficient (Wildman–Crippen LogP) is 3.26. The molecule has 178 valence electrons. The summed E-state index contributed by atoms with van der Waals surface area (Å²) in [6.45, 7) is 4.46. The van der Waals surface area contributed by atoms with Gasteiger partial charge in [0.25, 0.3) is 11.6 Å². The lowest BCUT2D eigenvalue weighted by molar-refractivity contribution is -0.384. The van der Waals surface area contributed by atoms with Crippen LogP contribution in [-0.2, 0) is 21.3 Å². The van der Waals surface area contributed by atoms with E-state index in [0.29, 0.717) is 41.7 Å². The van der Waals surface area contributed by atoms with Crippen molar-refractivity contribution in [3.63, 3.8) is 0 Å². The van der Waals surface area contributed by atoms with Crippen LogP contribution >= 0.6 is 0 Å². The Bertz CT molecular complexity index is 1360. The molecule has 1 N–H and O–H groups in total. The average molecular weight is 487 g/mol. The number of non-ortho nitro benzene ring substituents is 1. The van der Waals surface area contributed by atoms with E-state index in [-0.39, 0.29) is 28.6 Å². The number of nitrogens with one attached hydrogen (secondary N) is 1. The Morgan fingerprint density at radius 1 is 1.09 bits per heavy atom. The van der Waals surface area contributed by atoms with Crippen LogP contribution in [0.2, 0.25) is 0 Å². The molecule has 0 saturated heterocycles. The zero-order valence-corrected chi connectivity index (χ0v) is 19.3. The van der Waals surface area contributed by atoms with Crippen LogP contribution in [0.1, 0.15) is 35.5 Å². The van der Waals surface area contributed by atoms with Gasteiger partial charge in [-0.3, -0.25) is 14.9 Å². The van der Waals surface area contributed by atoms with E-state index in [2.05, 4.69) is 10.4 Å². The van der Waals surface area contributed by atoms with E-state index in [4.69, 9.17) is 9.47 Å². The number of anilines is 1. The molecule has 2 heterocycles. The number of carbonyl (C=O) groups is 1. The number of rotatable bonds is 8. The highest BCUT2D eigenvalue weighted by Crippen LogP contribution is 2.34. The first-order chi connectivity index (χ1) is 16.2. The van der Waals surface area contributed by atoms with Crippen molar-refractivity contribution in [1.82, 2.24) is 9.78 Å². The first-order valence-corrected chi connectivity index (χ1v) is 12.3. The smallest absolute Gasteiger partial charge is 0.269 e. The number of fused-ring (bicyclic) bond motifs is 1. The summed E-state index contributed by atoms with van der Waals surface area (Å²) >= 11 is 0. The van der Waals surface area contributed by atoms with Crippen LogP contribution in [0.15, 0.2) is 42.5 Å². The summed E-state index contributed by atoms with van der Waals surface area (Å²) in [4.78, 5) is 23.6. The van der Waals surface area contributed by atoms with Crippen LogP contribution in [-0.4, -0.2) is 42.2 Å². The number of nitro benzene ring substituents is 1. The third-order valence-corrected chi connectivity index (χ3v) is 6.57. The van der Waals surface area contributed by atoms with Crippen molar-refractivity contribution in [2.45, 2.75) is 25.4 Å². The summed E-state index contributed by atoms with van der Waals surface area (Å²) in [6.07, 6.45) is 0. The van der Waals surface area contributed by atoms with E-state index in [1.807, 2.05) is 13.8 Å². The van der Waals surface area contributed by atoms with Gasteiger partial charge in [0.05, 0.1) is 41.0 Å². The molecule has 3 aromatic rings. The molecule has 4 rings (SSSR count). The lowest BCUT2D eigenvalue weighted by Gasteiger charge is -2.14. The van der Waals surface area contributed by atoms with Gasteiger partial charge in [0, 0.05) is 23.3 Å². The zero-order valence-electron chi connectivity index (χ0n) is 18.5. The number of sulfone groups is 1. The highest BCUT2D eigenvalue weighted by atomic mass is 32.2. The van der Waals surface area contributed by atoms with E-state index < -0.39 is 20.7 Å². The van der Waals surface area contributed by atoms with Crippen molar-refractivity contribution in [2.75, 3.05) is 18.5 Å². The number of nitro groups is 1. The summed E-state index contributed by atoms with van der Waals surface area (Å²) in [6, 6.07) is 10.3. The first kappa shape index (κ1) is 23.2. The molecule has 0 fully saturated rings. The second-order valence-corrected chi connectivity index (χ2v) is 9.54. The normalized spacial score (nSPS) is 13.8. The summed E-state index contributed by atoms with van der Waals surface area (Å²) in [5.74, 6) is 0.0969. The Kier molecular flexibility index (Phi) is 6.24. The SMILES string of the molecule is CCOc1ccc(C(=O)Nc2c3c(nn2-c2ccc([N+](=O)[O-])cc2)CS(=O)(=O)C3)cc1OCC. The zero-order chi connectivity index (χ0) is 24.5. The molecular formula is C22H22N4O7S. The molecule has 11 nitrogen and oxygen atoms in total. The number of amides is 1. The number of hydrogen-bond donors (Lipinski definition) is 1. The average Bonchev–Trinajstić information content (AvgIpc) is 3.27. The van der Waals surface area contributed by atoms with Crippen LogP contribution in [0, 0.1) is 10.1 Å². The summed E-state index contributed by atoms with van der Waals surface area (Å²) in [5.41, 5.74) is 1.33. The van der Waals surface area contributed by atoms with E-state index in [9.17, 15) is 23.3 Å². The maximum atomic E-state index is 13.1. The molecule has 12 heteroatoms. The summed E-state index contributed by atoms with van der Waals surface area (Å²) < 4.78 is 36.8. The van der Waals surface area contributed by atoms with Gasteiger partial charge in [0.2, 0.25) is 0 Å². The quantitative estimate of drug-likeness (QED) is 0.378. The molecule has 0 aliphatic carbocycles. The predicted molar refractivity (Wildman–Crippen MR) is 123 cm³/mol. The molecule has 0 saturated carbocycles. The molecule has 34 heavy (non-hydrogen) atoms. The largest absolute Gasteiger partial charge is 0.490 e. The molecule has 1 amide bonds. The van der Waals surface area contributed by atoms with Gasteiger partial charge in [0.1, 0.15) is 5.82 Å². The third-order valence-electron chi connectivity index (χ3n) is 5.13. The van der Waals surface area contributed by atoms with E-state index in [1.54, 1.807) is 18.2 Å². The number of carbonyl (C=O) groups excluding carboxylic acids is 1. The molecule has 1 aliphatic rings. The van der Waals surface area contributed by atoms with Crippen molar-refractivity contribution in [1.29, 1.82) is 0 Å². The standard InChI is InChI=1S/C22H22N4O7S/c1-3-32-19-10-5-14(11-20(19)33-4-2)22(27)23-21-17-12-34(30,31)13-18(17)24-25(21)15-6-8-16(9-7-15)26(28)29/h5-11H,3-4,12-13H2,1-2H3,(H,23,27). The van der Waals surface area contributed by atoms with Crippen LogP contribution in [0.5, 0.6) is 11.5 Å². The molecule has 0 spiro atoms. The van der Waals surface area contributed by atoms with Gasteiger partial charge in [-0.05, 0) is 44.2 Å². The number of ether oxygens (including phenoxy) is 2. The molecule has 0 unspecified atom stereocenters. The van der Waals surface area contributed by atoms with E-state index in [1.165, 1.54) is 28.9 Å². The van der Waals surface area contributed by atoms with Crippen molar-refractivity contribution in [3.8, 4) is 17.2 Å². The fourth-order valence-corrected chi connectivity index (χ4v) is 5.14. The van der Waals surface area contributed by atoms with Gasteiger partial charge in [-0.1, -0.05) is 0 Å². The molecule has 2 aromatic carbocycles. The number of aromatic nitrogens is 2. The highest BCUT2D eigenvalue weighted by Gasteiger charge is 2.33. The van der Waals surface area contributed by atoms with Crippen LogP contribution in [0.25, 0.3) is 5.69 Å². The number of benzene rings is 2. The maximum absolute atomic E-state index is 13.1. The van der Waals surface area contributed by atoms with Crippen LogP contribution in [0.4, 0.5) is 11.5 Å². The number of nitrogens with zero attached hydrogens (tertiary/aromatic N) is 3. The number of hydrogen-bond acceptors (Lipinski definition) is 8. The van der Waals surface area contributed by atoms with Gasteiger partial charge < -0.3 is 14.8 Å². The molecule has 0 bridgehead atoms. The maximum Gasteiger partial charge on any atom is 0.269 e. The van der Waals surface area contributed by atoms with E-state index >= 15 is 0 Å². The summed E-state index contributed by atoms with van der Waals surface area (Å²) in [5, 5.41) is 18.1. The van der Waals surface area contributed by atoms with Crippen LogP contribution in [0.3, 0.4) is 0 Å². The Morgan fingerprint density at radius 2 is 1.76 bits per heavy atom. The molecule has 0 radical (unpaired) electrons. The minimum atomic E-state index is -3.38. The van der Waals surface area contributed by atoms with Crippen molar-refractivity contribution >= 4 is 27.2 Å². The second kappa shape index (κ2) is 9.14. The third kappa shape index (κ3) is 4.57. The Labute approximate surface area is 195 Å². The van der Waals surface area contributed by atoms with Crippen molar-refractivity contribution < 1.29 is 27.6 Å². The fourth-order valence-electron chi connectivity index (χ4n) is 3.65. The van der Waals surface area contributed by atoms with Crippen molar-refractivity contribution in [3.05, 3.63) is 69.4 Å². The lowest BCUT2D eigenvalue weighted by atomic mass is 10.1. The van der Waals surface area contributed by atoms with Gasteiger partial charge in [-0.15, -0.1) is 0 Å². The topological polar surface area (TPSA) is 143 Å². The van der Waals surface area contributed by atoms with Gasteiger partial charge in [-0.25, -0.2) is 13.1 Å². The van der Waals surface area contributed by atoms with Gasteiger partial charge >= 0.3 is 0 Å². The molecule has 0 atom stereocenters. The minimum absolute atomic E-state index is 0.102. The fraction of sp³-hybridized carbons (Fsp3) is 0.273. The Morgan fingerprint density at radius 3 is 2.41 bits per heavy atom. The second-order valence-electron chi connectivity index (χ2n) is 7.47. The van der Waals surface area contributed by atoms with Gasteiger partial charge in [-0.2, -0.15) is 5.10 Å². The minimum Gasteiger partial charge on any atom is -0.490 e. The highest BCUT2D eigenvalue weighted by molar-refractivity contribution is 7.90. The molecule has 1 aliphatic heterocycles. The van der Waals surface area contributed by atoms with Crippen molar-refractivity contribution in [2.24, 2.45) is 0 Å². The van der Waals surface area contributed by atoms with Gasteiger partial charge in [0.15, 0.2) is 21.3 Å². The lowest BCUT2D eigenvalue weighted by Crippen LogP contribution is -2.17. The molecule has 1 aromatic heterocycles.